The summed E-state index contributed by atoms with van der Waals surface area (Å²) in [6.07, 6.45) is 8.40. The second-order valence-corrected chi connectivity index (χ2v) is 8.34. The van der Waals surface area contributed by atoms with Crippen LogP contribution in [0.4, 0.5) is 0 Å². The molecule has 0 amide bonds. The molecule has 30 heavy (non-hydrogen) atoms. The second kappa shape index (κ2) is 9.31. The van der Waals surface area contributed by atoms with Crippen LogP contribution in [0.15, 0.2) is 42.5 Å². The van der Waals surface area contributed by atoms with E-state index in [1.54, 1.807) is 12.1 Å². The van der Waals surface area contributed by atoms with E-state index < -0.39 is 5.79 Å². The monoisotopic (exact) mass is 414 g/mol. The van der Waals surface area contributed by atoms with Gasteiger partial charge in [0.25, 0.3) is 0 Å². The van der Waals surface area contributed by atoms with Gasteiger partial charge in [-0.3, -0.25) is 4.79 Å². The molecule has 3 aliphatic rings. The van der Waals surface area contributed by atoms with Crippen LogP contribution in [0.3, 0.4) is 0 Å². The minimum Gasteiger partial charge on any atom is -0.462 e. The Balaban J connectivity index is 1.50. The minimum atomic E-state index is -0.718. The zero-order valence-corrected chi connectivity index (χ0v) is 17.5. The van der Waals surface area contributed by atoms with Gasteiger partial charge < -0.3 is 18.9 Å². The van der Waals surface area contributed by atoms with Crippen molar-refractivity contribution >= 4 is 11.9 Å². The first-order valence-corrected chi connectivity index (χ1v) is 11.0. The summed E-state index contributed by atoms with van der Waals surface area (Å²) in [6.45, 7) is 3.31. The molecule has 1 saturated carbocycles. The molecule has 0 spiro atoms. The van der Waals surface area contributed by atoms with Gasteiger partial charge in [0.15, 0.2) is 5.79 Å². The molecule has 3 fully saturated rings. The van der Waals surface area contributed by atoms with Gasteiger partial charge in [-0.2, -0.15) is 0 Å². The SMILES string of the molecule is CCCCCC1(C=C[C@H]2[C@H](OC(=O)c3ccccc3)CC3OC(=O)C[C@@H]32)OCCO1. The molecule has 4 rings (SSSR count). The van der Waals surface area contributed by atoms with E-state index in [4.69, 9.17) is 18.9 Å². The highest BCUT2D eigenvalue weighted by Crippen LogP contribution is 2.44. The van der Waals surface area contributed by atoms with E-state index in [1.165, 1.54) is 0 Å². The summed E-state index contributed by atoms with van der Waals surface area (Å²) < 4.78 is 23.2. The van der Waals surface area contributed by atoms with Crippen LogP contribution in [0.5, 0.6) is 0 Å². The molecule has 0 bridgehead atoms. The lowest BCUT2D eigenvalue weighted by atomic mass is 9.90. The van der Waals surface area contributed by atoms with Gasteiger partial charge in [-0.05, 0) is 24.6 Å². The number of hydrogen-bond donors (Lipinski definition) is 0. The van der Waals surface area contributed by atoms with Crippen LogP contribution in [-0.2, 0) is 23.7 Å². The number of unbranched alkanes of at least 4 members (excludes halogenated alkanes) is 2. The molecule has 1 unspecified atom stereocenters. The van der Waals surface area contributed by atoms with Crippen LogP contribution in [0.1, 0.15) is 55.8 Å². The predicted octanol–water partition coefficient (Wildman–Crippen LogP) is 4.04. The third-order valence-corrected chi connectivity index (χ3v) is 6.30. The van der Waals surface area contributed by atoms with E-state index in [1.807, 2.05) is 30.4 Å². The number of benzene rings is 1. The highest BCUT2D eigenvalue weighted by Gasteiger charge is 2.51. The van der Waals surface area contributed by atoms with Gasteiger partial charge in [0, 0.05) is 24.7 Å². The predicted molar refractivity (Wildman–Crippen MR) is 110 cm³/mol. The van der Waals surface area contributed by atoms with Gasteiger partial charge in [-0.1, -0.05) is 44.0 Å². The minimum absolute atomic E-state index is 0.0106. The standard InChI is InChI=1S/C24H30O6/c1-2-3-7-11-24(27-13-14-28-24)12-10-18-19-15-22(25)29-21(19)16-20(18)30-23(26)17-8-5-4-6-9-17/h4-6,8-10,12,18-21H,2-3,7,11,13-16H2,1H3/t18-,19-,20-,21?/m1/s1. The van der Waals surface area contributed by atoms with Gasteiger partial charge >= 0.3 is 11.9 Å². The lowest BCUT2D eigenvalue weighted by Crippen LogP contribution is -2.29. The van der Waals surface area contributed by atoms with E-state index in [-0.39, 0.29) is 36.0 Å². The van der Waals surface area contributed by atoms with Crippen LogP contribution in [0.2, 0.25) is 0 Å². The van der Waals surface area contributed by atoms with Crippen LogP contribution in [0, 0.1) is 11.8 Å². The number of rotatable bonds is 8. The van der Waals surface area contributed by atoms with E-state index in [0.29, 0.717) is 31.6 Å². The fourth-order valence-corrected chi connectivity index (χ4v) is 4.74. The van der Waals surface area contributed by atoms with Gasteiger partial charge in [0.1, 0.15) is 12.2 Å². The summed E-state index contributed by atoms with van der Waals surface area (Å²) in [6, 6.07) is 8.97. The highest BCUT2D eigenvalue weighted by atomic mass is 16.7. The second-order valence-electron chi connectivity index (χ2n) is 8.34. The Morgan fingerprint density at radius 1 is 1.20 bits per heavy atom. The van der Waals surface area contributed by atoms with Crippen molar-refractivity contribution in [1.29, 1.82) is 0 Å². The van der Waals surface area contributed by atoms with Gasteiger partial charge in [0.05, 0.1) is 25.2 Å². The number of carbonyl (C=O) groups is 2. The summed E-state index contributed by atoms with van der Waals surface area (Å²) in [5, 5.41) is 0. The maximum Gasteiger partial charge on any atom is 0.338 e. The van der Waals surface area contributed by atoms with Crippen molar-refractivity contribution < 1.29 is 28.5 Å². The lowest BCUT2D eigenvalue weighted by Gasteiger charge is -2.26. The van der Waals surface area contributed by atoms with Crippen molar-refractivity contribution in [3.63, 3.8) is 0 Å². The van der Waals surface area contributed by atoms with E-state index in [2.05, 4.69) is 6.92 Å². The molecule has 1 aliphatic carbocycles. The van der Waals surface area contributed by atoms with Crippen molar-refractivity contribution in [3.05, 3.63) is 48.0 Å². The molecule has 162 valence electrons. The third-order valence-electron chi connectivity index (χ3n) is 6.30. The Labute approximate surface area is 177 Å². The Morgan fingerprint density at radius 2 is 1.97 bits per heavy atom. The van der Waals surface area contributed by atoms with E-state index in [0.717, 1.165) is 25.7 Å². The molecule has 0 N–H and O–H groups in total. The fourth-order valence-electron chi connectivity index (χ4n) is 4.74. The Kier molecular flexibility index (Phi) is 6.54. The topological polar surface area (TPSA) is 71.1 Å². The number of fused-ring (bicyclic) bond motifs is 1. The van der Waals surface area contributed by atoms with E-state index in [9.17, 15) is 9.59 Å². The molecule has 0 radical (unpaired) electrons. The Morgan fingerprint density at radius 3 is 2.70 bits per heavy atom. The number of esters is 2. The zero-order chi connectivity index (χ0) is 21.0. The number of carbonyl (C=O) groups excluding carboxylic acids is 2. The summed E-state index contributed by atoms with van der Waals surface area (Å²) >= 11 is 0. The van der Waals surface area contributed by atoms with Crippen molar-refractivity contribution in [2.45, 2.75) is 63.4 Å². The average molecular weight is 414 g/mol. The molecular weight excluding hydrogens is 384 g/mol. The van der Waals surface area contributed by atoms with Crippen molar-refractivity contribution in [3.8, 4) is 0 Å². The average Bonchev–Trinajstić information content (AvgIpc) is 3.43. The molecule has 6 heteroatoms. The van der Waals surface area contributed by atoms with Crippen molar-refractivity contribution in [2.75, 3.05) is 13.2 Å². The molecule has 2 heterocycles. The first-order valence-electron chi connectivity index (χ1n) is 11.0. The normalized spacial score (nSPS) is 29.8. The summed E-state index contributed by atoms with van der Waals surface area (Å²) in [7, 11) is 0. The maximum atomic E-state index is 12.6. The maximum absolute atomic E-state index is 12.6. The molecule has 6 nitrogen and oxygen atoms in total. The zero-order valence-electron chi connectivity index (χ0n) is 17.5. The summed E-state index contributed by atoms with van der Waals surface area (Å²) in [5.74, 6) is -1.34. The molecule has 1 aromatic carbocycles. The molecule has 2 aliphatic heterocycles. The van der Waals surface area contributed by atoms with Gasteiger partial charge in [-0.15, -0.1) is 0 Å². The van der Waals surface area contributed by atoms with Crippen LogP contribution in [0.25, 0.3) is 0 Å². The smallest absolute Gasteiger partial charge is 0.338 e. The first kappa shape index (κ1) is 21.1. The van der Waals surface area contributed by atoms with Crippen LogP contribution < -0.4 is 0 Å². The quantitative estimate of drug-likeness (QED) is 0.363. The van der Waals surface area contributed by atoms with Crippen LogP contribution >= 0.6 is 0 Å². The first-order chi connectivity index (χ1) is 14.6. The largest absolute Gasteiger partial charge is 0.462 e. The summed E-state index contributed by atoms with van der Waals surface area (Å²) in [4.78, 5) is 24.5. The van der Waals surface area contributed by atoms with Crippen molar-refractivity contribution in [1.82, 2.24) is 0 Å². The number of hydrogen-bond acceptors (Lipinski definition) is 6. The molecule has 4 atom stereocenters. The molecule has 0 aromatic heterocycles. The van der Waals surface area contributed by atoms with E-state index >= 15 is 0 Å². The van der Waals surface area contributed by atoms with Gasteiger partial charge in [-0.25, -0.2) is 4.79 Å². The van der Waals surface area contributed by atoms with Gasteiger partial charge in [0.2, 0.25) is 0 Å². The summed E-state index contributed by atoms with van der Waals surface area (Å²) in [5.41, 5.74) is 0.521. The molecule has 1 aromatic rings. The Bertz CT molecular complexity index is 767. The molecular formula is C24H30O6. The lowest BCUT2D eigenvalue weighted by molar-refractivity contribution is -0.141. The van der Waals surface area contributed by atoms with Crippen LogP contribution in [-0.4, -0.2) is 43.1 Å². The number of ether oxygens (including phenoxy) is 4. The van der Waals surface area contributed by atoms with Crippen molar-refractivity contribution in [2.24, 2.45) is 11.8 Å². The highest BCUT2D eigenvalue weighted by molar-refractivity contribution is 5.89. The Hall–Kier alpha value is -2.18. The fraction of sp³-hybridized carbons (Fsp3) is 0.583. The molecule has 2 saturated heterocycles. The third kappa shape index (κ3) is 4.60.